The standard InChI is InChI=1S/C11H12N4O2/c1-4-5-6-15-10(16)8-9(12-7-13(8)2)14(3)11(15)17/h1,7H,5-6H2,2-3H3. The molecule has 2 heterocycles. The maximum Gasteiger partial charge on any atom is 0.332 e. The van der Waals surface area contributed by atoms with Gasteiger partial charge < -0.3 is 4.57 Å². The Balaban J connectivity index is 2.86. The van der Waals surface area contributed by atoms with Crippen molar-refractivity contribution in [1.82, 2.24) is 18.7 Å². The number of nitrogens with zero attached hydrogens (tertiary/aromatic N) is 4. The monoisotopic (exact) mass is 232 g/mol. The average Bonchev–Trinajstić information content (AvgIpc) is 2.69. The largest absolute Gasteiger partial charge is 0.332 e. The van der Waals surface area contributed by atoms with E-state index in [1.54, 1.807) is 18.7 Å². The topological polar surface area (TPSA) is 61.8 Å². The van der Waals surface area contributed by atoms with Gasteiger partial charge in [0.15, 0.2) is 11.2 Å². The van der Waals surface area contributed by atoms with Crippen LogP contribution in [0.1, 0.15) is 6.42 Å². The Morgan fingerprint density at radius 1 is 1.41 bits per heavy atom. The molecule has 6 heteroatoms. The van der Waals surface area contributed by atoms with Crippen LogP contribution in [-0.4, -0.2) is 18.7 Å². The summed E-state index contributed by atoms with van der Waals surface area (Å²) < 4.78 is 4.10. The lowest BCUT2D eigenvalue weighted by Crippen LogP contribution is -2.39. The third kappa shape index (κ3) is 1.56. The van der Waals surface area contributed by atoms with Crippen LogP contribution >= 0.6 is 0 Å². The van der Waals surface area contributed by atoms with Gasteiger partial charge in [0.2, 0.25) is 0 Å². The zero-order chi connectivity index (χ0) is 12.6. The van der Waals surface area contributed by atoms with Gasteiger partial charge in [-0.3, -0.25) is 13.9 Å². The van der Waals surface area contributed by atoms with Crippen molar-refractivity contribution in [3.8, 4) is 12.3 Å². The first-order valence-corrected chi connectivity index (χ1v) is 5.12. The van der Waals surface area contributed by atoms with Gasteiger partial charge in [0, 0.05) is 27.1 Å². The number of aromatic nitrogens is 4. The van der Waals surface area contributed by atoms with Gasteiger partial charge in [-0.25, -0.2) is 9.78 Å². The minimum Gasteiger partial charge on any atom is -0.328 e. The van der Waals surface area contributed by atoms with E-state index in [4.69, 9.17) is 6.42 Å². The van der Waals surface area contributed by atoms with E-state index in [2.05, 4.69) is 10.9 Å². The lowest BCUT2D eigenvalue weighted by Gasteiger charge is -2.06. The highest BCUT2D eigenvalue weighted by Gasteiger charge is 2.13. The molecule has 0 fully saturated rings. The molecule has 0 N–H and O–H groups in total. The molecular weight excluding hydrogens is 220 g/mol. The molecule has 0 unspecified atom stereocenters. The second-order valence-corrected chi connectivity index (χ2v) is 3.78. The van der Waals surface area contributed by atoms with Gasteiger partial charge in [-0.15, -0.1) is 12.3 Å². The number of terminal acetylenes is 1. The molecule has 0 spiro atoms. The number of fused-ring (bicyclic) bond motifs is 1. The Morgan fingerprint density at radius 3 is 2.76 bits per heavy atom. The van der Waals surface area contributed by atoms with Crippen LogP contribution in [-0.2, 0) is 20.6 Å². The molecule has 0 saturated heterocycles. The molecular formula is C11H12N4O2. The minimum atomic E-state index is -0.392. The molecule has 2 aromatic rings. The Morgan fingerprint density at radius 2 is 2.12 bits per heavy atom. The normalized spacial score (nSPS) is 10.6. The predicted molar refractivity (Wildman–Crippen MR) is 63.7 cm³/mol. The highest BCUT2D eigenvalue weighted by atomic mass is 16.2. The zero-order valence-electron chi connectivity index (χ0n) is 9.67. The van der Waals surface area contributed by atoms with Gasteiger partial charge in [0.05, 0.1) is 6.33 Å². The number of imidazole rings is 1. The first-order chi connectivity index (χ1) is 8.07. The van der Waals surface area contributed by atoms with Crippen LogP contribution in [0.5, 0.6) is 0 Å². The maximum absolute atomic E-state index is 12.1. The third-order valence-electron chi connectivity index (χ3n) is 2.68. The molecule has 88 valence electrons. The Kier molecular flexibility index (Phi) is 2.60. The smallest absolute Gasteiger partial charge is 0.328 e. The summed E-state index contributed by atoms with van der Waals surface area (Å²) in [7, 11) is 3.30. The molecule has 0 aliphatic heterocycles. The average molecular weight is 232 g/mol. The SMILES string of the molecule is C#CCCn1c(=O)c2c(ncn2C)n(C)c1=O. The van der Waals surface area contributed by atoms with E-state index in [0.717, 1.165) is 4.57 Å². The summed E-state index contributed by atoms with van der Waals surface area (Å²) in [4.78, 5) is 28.1. The van der Waals surface area contributed by atoms with Crippen LogP contribution < -0.4 is 11.2 Å². The molecule has 2 aromatic heterocycles. The van der Waals surface area contributed by atoms with E-state index in [1.165, 1.54) is 10.9 Å². The molecule has 0 amide bonds. The summed E-state index contributed by atoms with van der Waals surface area (Å²) in [6.45, 7) is 0.225. The van der Waals surface area contributed by atoms with Gasteiger partial charge >= 0.3 is 5.69 Å². The predicted octanol–water partition coefficient (Wildman–Crippen LogP) is -0.543. The number of rotatable bonds is 2. The summed E-state index contributed by atoms with van der Waals surface area (Å²) in [5, 5.41) is 0. The fourth-order valence-electron chi connectivity index (χ4n) is 1.77. The summed E-state index contributed by atoms with van der Waals surface area (Å²) in [5.74, 6) is 2.42. The fraction of sp³-hybridized carbons (Fsp3) is 0.364. The fourth-order valence-corrected chi connectivity index (χ4v) is 1.77. The van der Waals surface area contributed by atoms with Crippen molar-refractivity contribution in [3.63, 3.8) is 0 Å². The van der Waals surface area contributed by atoms with E-state index in [-0.39, 0.29) is 12.1 Å². The van der Waals surface area contributed by atoms with Crippen molar-refractivity contribution in [2.45, 2.75) is 13.0 Å². The summed E-state index contributed by atoms with van der Waals surface area (Å²) in [6, 6.07) is 0. The second kappa shape index (κ2) is 3.94. The molecule has 0 saturated carbocycles. The van der Waals surface area contributed by atoms with Gasteiger partial charge in [-0.2, -0.15) is 0 Å². The molecule has 6 nitrogen and oxygen atoms in total. The highest BCUT2D eigenvalue weighted by Crippen LogP contribution is 2.02. The minimum absolute atomic E-state index is 0.225. The molecule has 0 aromatic carbocycles. The van der Waals surface area contributed by atoms with Crippen molar-refractivity contribution in [2.24, 2.45) is 14.1 Å². The van der Waals surface area contributed by atoms with Crippen LogP contribution in [0.4, 0.5) is 0 Å². The van der Waals surface area contributed by atoms with Crippen molar-refractivity contribution in [3.05, 3.63) is 27.2 Å². The Labute approximate surface area is 97.1 Å². The van der Waals surface area contributed by atoms with Gasteiger partial charge in [0.25, 0.3) is 5.56 Å². The lowest BCUT2D eigenvalue weighted by molar-refractivity contribution is 0.613. The van der Waals surface area contributed by atoms with Crippen LogP contribution in [0.2, 0.25) is 0 Å². The van der Waals surface area contributed by atoms with Crippen molar-refractivity contribution in [1.29, 1.82) is 0 Å². The highest BCUT2D eigenvalue weighted by molar-refractivity contribution is 5.69. The van der Waals surface area contributed by atoms with Crippen LogP contribution in [0, 0.1) is 12.3 Å². The molecule has 0 aliphatic rings. The van der Waals surface area contributed by atoms with Gasteiger partial charge in [-0.05, 0) is 0 Å². The molecule has 0 aliphatic carbocycles. The molecule has 17 heavy (non-hydrogen) atoms. The summed E-state index contributed by atoms with van der Waals surface area (Å²) in [5.41, 5.74) is 0.0541. The molecule has 0 radical (unpaired) electrons. The summed E-state index contributed by atoms with van der Waals surface area (Å²) >= 11 is 0. The Hall–Kier alpha value is -2.29. The lowest BCUT2D eigenvalue weighted by atomic mass is 10.4. The van der Waals surface area contributed by atoms with E-state index in [1.807, 2.05) is 0 Å². The van der Waals surface area contributed by atoms with Crippen LogP contribution in [0.3, 0.4) is 0 Å². The quantitative estimate of drug-likeness (QED) is 0.653. The van der Waals surface area contributed by atoms with Crippen molar-refractivity contribution >= 4 is 11.2 Å². The number of aryl methyl sites for hydroxylation is 2. The summed E-state index contributed by atoms with van der Waals surface area (Å²) in [6.07, 6.45) is 7.00. The molecule has 0 atom stereocenters. The zero-order valence-corrected chi connectivity index (χ0v) is 9.67. The van der Waals surface area contributed by atoms with Crippen molar-refractivity contribution in [2.75, 3.05) is 0 Å². The number of hydrogen-bond donors (Lipinski definition) is 0. The van der Waals surface area contributed by atoms with Gasteiger partial charge in [0.1, 0.15) is 0 Å². The number of hydrogen-bond acceptors (Lipinski definition) is 3. The Bertz CT molecular complexity index is 727. The van der Waals surface area contributed by atoms with Gasteiger partial charge in [-0.1, -0.05) is 0 Å². The van der Waals surface area contributed by atoms with E-state index >= 15 is 0 Å². The first-order valence-electron chi connectivity index (χ1n) is 5.12. The van der Waals surface area contributed by atoms with Crippen LogP contribution in [0.25, 0.3) is 11.2 Å². The van der Waals surface area contributed by atoms with Crippen molar-refractivity contribution < 1.29 is 0 Å². The molecule has 0 bridgehead atoms. The first kappa shape index (κ1) is 11.2. The third-order valence-corrected chi connectivity index (χ3v) is 2.68. The molecule has 2 rings (SSSR count). The van der Waals surface area contributed by atoms with E-state index < -0.39 is 5.69 Å². The van der Waals surface area contributed by atoms with E-state index in [0.29, 0.717) is 17.6 Å². The van der Waals surface area contributed by atoms with Crippen LogP contribution in [0.15, 0.2) is 15.9 Å². The van der Waals surface area contributed by atoms with E-state index in [9.17, 15) is 9.59 Å². The second-order valence-electron chi connectivity index (χ2n) is 3.78. The maximum atomic E-state index is 12.1.